The Labute approximate surface area is 333 Å². The number of nitrogens with zero attached hydrogens (tertiary/aromatic N) is 4. The van der Waals surface area contributed by atoms with Gasteiger partial charge >= 0.3 is 0 Å². The fraction of sp³-hybridized carbons (Fsp3) is 0. The van der Waals surface area contributed by atoms with Crippen LogP contribution in [0.2, 0.25) is 0 Å². The number of benzene rings is 9. The van der Waals surface area contributed by atoms with Crippen LogP contribution in [0.3, 0.4) is 0 Å². The van der Waals surface area contributed by atoms with Crippen molar-refractivity contribution in [2.75, 3.05) is 0 Å². The zero-order valence-corrected chi connectivity index (χ0v) is 31.2. The van der Waals surface area contributed by atoms with Gasteiger partial charge in [-0.25, -0.2) is 15.0 Å². The molecule has 270 valence electrons. The molecule has 9 aromatic carbocycles. The minimum atomic E-state index is 0.585. The van der Waals surface area contributed by atoms with Gasteiger partial charge in [-0.05, 0) is 52.2 Å². The molecule has 12 aromatic rings. The fourth-order valence-corrected chi connectivity index (χ4v) is 8.70. The third-order valence-electron chi connectivity index (χ3n) is 11.4. The Balaban J connectivity index is 1.12. The minimum absolute atomic E-state index is 0.585. The van der Waals surface area contributed by atoms with Crippen molar-refractivity contribution in [3.63, 3.8) is 0 Å². The zero-order chi connectivity index (χ0) is 38.2. The Hall–Kier alpha value is -7.89. The Kier molecular flexibility index (Phi) is 7.16. The molecule has 0 aliphatic carbocycles. The van der Waals surface area contributed by atoms with Crippen LogP contribution in [-0.2, 0) is 0 Å². The van der Waals surface area contributed by atoms with Gasteiger partial charge in [0.25, 0.3) is 0 Å². The maximum absolute atomic E-state index is 6.84. The molecule has 0 spiro atoms. The first-order valence-electron chi connectivity index (χ1n) is 19.5. The lowest BCUT2D eigenvalue weighted by molar-refractivity contribution is 0.672. The molecular weight excluding hydrogens is 709 g/mol. The molecule has 58 heavy (non-hydrogen) atoms. The van der Waals surface area contributed by atoms with Crippen LogP contribution in [-0.4, -0.2) is 19.5 Å². The summed E-state index contributed by atoms with van der Waals surface area (Å²) < 4.78 is 9.26. The summed E-state index contributed by atoms with van der Waals surface area (Å²) in [6.07, 6.45) is 0. The van der Waals surface area contributed by atoms with Crippen LogP contribution in [0.25, 0.3) is 116 Å². The quantitative estimate of drug-likeness (QED) is 0.176. The smallest absolute Gasteiger partial charge is 0.164 e. The van der Waals surface area contributed by atoms with E-state index in [-0.39, 0.29) is 0 Å². The number of aromatic nitrogens is 4. The second kappa shape index (κ2) is 12.8. The van der Waals surface area contributed by atoms with Crippen LogP contribution >= 0.6 is 0 Å². The molecule has 0 bridgehead atoms. The molecule has 0 radical (unpaired) electrons. The van der Waals surface area contributed by atoms with Gasteiger partial charge in [0.05, 0.1) is 16.7 Å². The van der Waals surface area contributed by atoms with E-state index < -0.39 is 0 Å². The molecule has 0 unspecified atom stereocenters. The molecule has 0 saturated carbocycles. The number of hydrogen-bond acceptors (Lipinski definition) is 4. The van der Waals surface area contributed by atoms with Gasteiger partial charge in [0.2, 0.25) is 0 Å². The molecule has 3 heterocycles. The van der Waals surface area contributed by atoms with Crippen molar-refractivity contribution in [1.29, 1.82) is 0 Å². The second-order valence-corrected chi connectivity index (χ2v) is 14.8. The van der Waals surface area contributed by atoms with Crippen molar-refractivity contribution >= 4 is 65.3 Å². The van der Waals surface area contributed by atoms with E-state index in [0.29, 0.717) is 17.5 Å². The summed E-state index contributed by atoms with van der Waals surface area (Å²) in [7, 11) is 0. The molecule has 0 saturated heterocycles. The standard InChI is InChI=1S/C53H32N4O/c1-3-14-33(15-4-1)34-26-28-36(29-27-34)52-54-51(35-16-5-2-6-17-35)55-53(56-52)42-23-13-25-48-49(42)44-32-47(39-20-9-10-22-41(39)50(44)58-48)57-45-24-12-11-21-40(45)43-30-37-18-7-8-19-38(37)31-46(43)57/h1-32H. The number of furan rings is 1. The highest BCUT2D eigenvalue weighted by atomic mass is 16.3. The molecule has 5 heteroatoms. The Bertz CT molecular complexity index is 3550. The summed E-state index contributed by atoms with van der Waals surface area (Å²) in [4.78, 5) is 15.4. The van der Waals surface area contributed by atoms with E-state index in [1.54, 1.807) is 0 Å². The van der Waals surface area contributed by atoms with Crippen LogP contribution in [0.5, 0.6) is 0 Å². The van der Waals surface area contributed by atoms with E-state index in [2.05, 4.69) is 150 Å². The van der Waals surface area contributed by atoms with Gasteiger partial charge in [0.1, 0.15) is 11.2 Å². The highest BCUT2D eigenvalue weighted by molar-refractivity contribution is 6.22. The number of hydrogen-bond donors (Lipinski definition) is 0. The second-order valence-electron chi connectivity index (χ2n) is 14.8. The average molecular weight is 741 g/mol. The van der Waals surface area contributed by atoms with Crippen molar-refractivity contribution in [1.82, 2.24) is 19.5 Å². The van der Waals surface area contributed by atoms with Crippen LogP contribution < -0.4 is 0 Å². The largest absolute Gasteiger partial charge is 0.455 e. The van der Waals surface area contributed by atoms with Crippen molar-refractivity contribution < 1.29 is 4.42 Å². The summed E-state index contributed by atoms with van der Waals surface area (Å²) in [6.45, 7) is 0. The molecule has 0 fully saturated rings. The van der Waals surface area contributed by atoms with Crippen LogP contribution in [0.4, 0.5) is 0 Å². The van der Waals surface area contributed by atoms with Crippen molar-refractivity contribution in [2.24, 2.45) is 0 Å². The van der Waals surface area contributed by atoms with E-state index in [9.17, 15) is 0 Å². The van der Waals surface area contributed by atoms with E-state index in [1.807, 2.05) is 48.5 Å². The lowest BCUT2D eigenvalue weighted by Crippen LogP contribution is -2.00. The SMILES string of the molecule is c1ccc(-c2ccc(-c3nc(-c4ccccc4)nc(-c4cccc5oc6c7ccccc7c(-n7c8ccccc8c8cc9ccccc9cc87)cc6c45)n3)cc2)cc1. The lowest BCUT2D eigenvalue weighted by atomic mass is 10.0. The van der Waals surface area contributed by atoms with Gasteiger partial charge in [-0.2, -0.15) is 0 Å². The summed E-state index contributed by atoms with van der Waals surface area (Å²) in [6, 6.07) is 68.0. The summed E-state index contributed by atoms with van der Waals surface area (Å²) in [5.74, 6) is 1.81. The van der Waals surface area contributed by atoms with Crippen LogP contribution in [0, 0.1) is 0 Å². The van der Waals surface area contributed by atoms with E-state index in [4.69, 9.17) is 19.4 Å². The monoisotopic (exact) mass is 740 g/mol. The third-order valence-corrected chi connectivity index (χ3v) is 11.4. The molecule has 0 amide bonds. The Morgan fingerprint density at radius 3 is 1.69 bits per heavy atom. The van der Waals surface area contributed by atoms with E-state index in [0.717, 1.165) is 77.2 Å². The molecular formula is C53H32N4O. The first-order valence-corrected chi connectivity index (χ1v) is 19.5. The summed E-state index contributed by atoms with van der Waals surface area (Å²) >= 11 is 0. The third kappa shape index (κ3) is 5.07. The number of rotatable bonds is 5. The average Bonchev–Trinajstić information content (AvgIpc) is 3.84. The molecule has 12 rings (SSSR count). The Morgan fingerprint density at radius 2 is 0.931 bits per heavy atom. The predicted octanol–water partition coefficient (Wildman–Crippen LogP) is 13.8. The molecule has 0 aliphatic heterocycles. The lowest BCUT2D eigenvalue weighted by Gasteiger charge is -2.13. The van der Waals surface area contributed by atoms with Crippen molar-refractivity contribution in [2.45, 2.75) is 0 Å². The minimum Gasteiger partial charge on any atom is -0.455 e. The normalized spacial score (nSPS) is 11.8. The molecule has 0 atom stereocenters. The summed E-state index contributed by atoms with van der Waals surface area (Å²) in [5, 5.41) is 8.99. The zero-order valence-electron chi connectivity index (χ0n) is 31.2. The van der Waals surface area contributed by atoms with Crippen molar-refractivity contribution in [3.8, 4) is 51.0 Å². The summed E-state index contributed by atoms with van der Waals surface area (Å²) in [5.41, 5.74) is 10.0. The maximum Gasteiger partial charge on any atom is 0.164 e. The topological polar surface area (TPSA) is 56.7 Å². The molecule has 0 N–H and O–H groups in total. The highest BCUT2D eigenvalue weighted by Crippen LogP contribution is 2.44. The first kappa shape index (κ1) is 32.4. The van der Waals surface area contributed by atoms with Crippen molar-refractivity contribution in [3.05, 3.63) is 194 Å². The van der Waals surface area contributed by atoms with E-state index in [1.165, 1.54) is 21.5 Å². The Morgan fingerprint density at radius 1 is 0.362 bits per heavy atom. The van der Waals surface area contributed by atoms with Gasteiger partial charge in [-0.15, -0.1) is 0 Å². The highest BCUT2D eigenvalue weighted by Gasteiger charge is 2.22. The predicted molar refractivity (Wildman–Crippen MR) is 238 cm³/mol. The maximum atomic E-state index is 6.84. The van der Waals surface area contributed by atoms with Gasteiger partial charge < -0.3 is 8.98 Å². The molecule has 3 aromatic heterocycles. The van der Waals surface area contributed by atoms with E-state index >= 15 is 0 Å². The van der Waals surface area contributed by atoms with Gasteiger partial charge in [-0.3, -0.25) is 0 Å². The van der Waals surface area contributed by atoms with Gasteiger partial charge in [0.15, 0.2) is 17.5 Å². The number of para-hydroxylation sites is 1. The first-order chi connectivity index (χ1) is 28.7. The van der Waals surface area contributed by atoms with Gasteiger partial charge in [0, 0.05) is 49.0 Å². The molecule has 0 aliphatic rings. The number of fused-ring (bicyclic) bond motifs is 9. The van der Waals surface area contributed by atoms with Crippen LogP contribution in [0.1, 0.15) is 0 Å². The molecule has 5 nitrogen and oxygen atoms in total. The fourth-order valence-electron chi connectivity index (χ4n) is 8.70. The van der Waals surface area contributed by atoms with Gasteiger partial charge in [-0.1, -0.05) is 164 Å². The van der Waals surface area contributed by atoms with Crippen LogP contribution in [0.15, 0.2) is 199 Å².